The van der Waals surface area contributed by atoms with Crippen LogP contribution in [0.3, 0.4) is 0 Å². The minimum Gasteiger partial charge on any atom is -0.491 e. The van der Waals surface area contributed by atoms with E-state index in [1.54, 1.807) is 23.6 Å². The van der Waals surface area contributed by atoms with Crippen molar-refractivity contribution in [3.8, 4) is 17.1 Å². The number of pyridine rings is 2. The fourth-order valence-electron chi connectivity index (χ4n) is 4.33. The molecular formula is C22H20BrN3O5. The van der Waals surface area contributed by atoms with E-state index >= 15 is 0 Å². The topological polar surface area (TPSA) is 117 Å². The average molecular weight is 486 g/mol. The summed E-state index contributed by atoms with van der Waals surface area (Å²) in [5, 5.41) is 12.4. The summed E-state index contributed by atoms with van der Waals surface area (Å²) in [6.45, 7) is 2.34. The number of aliphatic hydroxyl groups is 1. The summed E-state index contributed by atoms with van der Waals surface area (Å²) < 4.78 is 12.4. The van der Waals surface area contributed by atoms with Gasteiger partial charge in [-0.05, 0) is 30.7 Å². The van der Waals surface area contributed by atoms with Gasteiger partial charge >= 0.3 is 5.97 Å². The first-order valence-electron chi connectivity index (χ1n) is 9.97. The summed E-state index contributed by atoms with van der Waals surface area (Å²) in [7, 11) is 0. The van der Waals surface area contributed by atoms with Crippen molar-refractivity contribution >= 4 is 38.5 Å². The molecule has 0 bridgehead atoms. The van der Waals surface area contributed by atoms with E-state index in [9.17, 15) is 14.7 Å². The average Bonchev–Trinajstić information content (AvgIpc) is 3.13. The summed E-state index contributed by atoms with van der Waals surface area (Å²) in [4.78, 5) is 30.2. The molecule has 8 nitrogen and oxygen atoms in total. The zero-order valence-electron chi connectivity index (χ0n) is 16.8. The third-order valence-corrected chi connectivity index (χ3v) is 6.35. The maximum Gasteiger partial charge on any atom is 0.343 e. The number of nitrogens with zero attached hydrogens (tertiary/aromatic N) is 2. The Morgan fingerprint density at radius 2 is 2.16 bits per heavy atom. The van der Waals surface area contributed by atoms with Crippen molar-refractivity contribution in [1.29, 1.82) is 0 Å². The maximum atomic E-state index is 13.2. The van der Waals surface area contributed by atoms with Crippen molar-refractivity contribution in [3.05, 3.63) is 51.3 Å². The molecule has 9 heteroatoms. The first-order valence-corrected chi connectivity index (χ1v) is 11.1. The number of halogens is 1. The normalized spacial score (nSPS) is 19.0. The van der Waals surface area contributed by atoms with E-state index in [0.717, 1.165) is 10.9 Å². The molecule has 0 unspecified atom stereocenters. The zero-order chi connectivity index (χ0) is 21.9. The number of rotatable bonds is 4. The molecule has 0 aliphatic carbocycles. The van der Waals surface area contributed by atoms with Crippen LogP contribution in [0.5, 0.6) is 5.75 Å². The Balaban J connectivity index is 1.70. The molecule has 160 valence electrons. The molecule has 2 aliphatic heterocycles. The molecule has 3 N–H and O–H groups in total. The molecule has 0 fully saturated rings. The van der Waals surface area contributed by atoms with Crippen LogP contribution in [-0.2, 0) is 28.3 Å². The van der Waals surface area contributed by atoms with Gasteiger partial charge in [-0.25, -0.2) is 9.78 Å². The third-order valence-electron chi connectivity index (χ3n) is 6.03. The van der Waals surface area contributed by atoms with Crippen LogP contribution in [0.15, 0.2) is 29.1 Å². The van der Waals surface area contributed by atoms with Crippen LogP contribution in [-0.4, -0.2) is 32.6 Å². The van der Waals surface area contributed by atoms with Gasteiger partial charge < -0.3 is 24.9 Å². The lowest BCUT2D eigenvalue weighted by Gasteiger charge is -2.31. The number of aromatic nitrogens is 2. The van der Waals surface area contributed by atoms with Crippen molar-refractivity contribution in [2.45, 2.75) is 32.1 Å². The fourth-order valence-corrected chi connectivity index (χ4v) is 4.49. The Morgan fingerprint density at radius 3 is 2.90 bits per heavy atom. The molecule has 0 spiro atoms. The highest BCUT2D eigenvalue weighted by atomic mass is 79.9. The van der Waals surface area contributed by atoms with Gasteiger partial charge in [-0.15, -0.1) is 0 Å². The highest BCUT2D eigenvalue weighted by molar-refractivity contribution is 9.09. The number of cyclic esters (lactones) is 1. The van der Waals surface area contributed by atoms with Gasteiger partial charge in [0, 0.05) is 21.8 Å². The van der Waals surface area contributed by atoms with Gasteiger partial charge in [-0.2, -0.15) is 0 Å². The van der Waals surface area contributed by atoms with E-state index in [2.05, 4.69) is 15.9 Å². The van der Waals surface area contributed by atoms with Gasteiger partial charge in [0.05, 0.1) is 41.3 Å². The van der Waals surface area contributed by atoms with E-state index in [1.165, 1.54) is 0 Å². The lowest BCUT2D eigenvalue weighted by molar-refractivity contribution is -0.172. The largest absolute Gasteiger partial charge is 0.491 e. The summed E-state index contributed by atoms with van der Waals surface area (Å²) in [6.07, 6.45) is 0.105. The molecule has 31 heavy (non-hydrogen) atoms. The number of nitrogens with two attached hydrogens (primary N) is 1. The van der Waals surface area contributed by atoms with Crippen molar-refractivity contribution in [3.63, 3.8) is 0 Å². The molecule has 2 aliphatic rings. The minimum absolute atomic E-state index is 0.105. The number of alkyl halides is 1. The second-order valence-corrected chi connectivity index (χ2v) is 8.47. The molecule has 5 rings (SSSR count). The Labute approximate surface area is 185 Å². The summed E-state index contributed by atoms with van der Waals surface area (Å²) in [5.74, 6) is -0.152. The first kappa shape index (κ1) is 20.0. The van der Waals surface area contributed by atoms with Crippen LogP contribution in [0.2, 0.25) is 0 Å². The molecule has 0 saturated heterocycles. The number of esters is 1. The number of nitrogen functional groups attached to an aromatic ring is 1. The standard InChI is InChI=1S/C22H20BrN3O5/c1-2-22(29)14-8-16-19-11(9-26(16)20(27)13(14)10-31-21(22)28)7-12-15(25-19)3-4-17(18(12)24)30-6-5-23/h3-4,7-8,29H,2,5-6,9-10,24H2,1H3/t22-/m0/s1. The smallest absolute Gasteiger partial charge is 0.343 e. The highest BCUT2D eigenvalue weighted by Gasteiger charge is 2.45. The molecule has 2 aromatic heterocycles. The van der Waals surface area contributed by atoms with Gasteiger partial charge in [-0.1, -0.05) is 22.9 Å². The van der Waals surface area contributed by atoms with Crippen LogP contribution in [0, 0.1) is 0 Å². The van der Waals surface area contributed by atoms with E-state index in [1.807, 2.05) is 12.1 Å². The molecular weight excluding hydrogens is 466 g/mol. The van der Waals surface area contributed by atoms with E-state index in [0.29, 0.717) is 58.0 Å². The van der Waals surface area contributed by atoms with Gasteiger partial charge in [0.1, 0.15) is 12.4 Å². The van der Waals surface area contributed by atoms with Crippen LogP contribution in [0.1, 0.15) is 30.0 Å². The number of benzene rings is 1. The first-order chi connectivity index (χ1) is 14.9. The molecule has 0 amide bonds. The van der Waals surface area contributed by atoms with Crippen LogP contribution >= 0.6 is 15.9 Å². The predicted octanol–water partition coefficient (Wildman–Crippen LogP) is 2.44. The lowest BCUT2D eigenvalue weighted by Crippen LogP contribution is -2.44. The summed E-state index contributed by atoms with van der Waals surface area (Å²) in [5.41, 5.74) is 8.01. The number of hydrogen-bond acceptors (Lipinski definition) is 7. The fraction of sp³-hybridized carbons (Fsp3) is 0.318. The van der Waals surface area contributed by atoms with Crippen LogP contribution in [0.4, 0.5) is 5.69 Å². The Hall–Kier alpha value is -2.91. The molecule has 3 aromatic rings. The SMILES string of the molecule is CC[C@@]1(O)C(=O)OCc2c1cc1n(c2=O)Cc2cc3c(N)c(OCCBr)ccc3nc2-1. The molecule has 4 heterocycles. The minimum atomic E-state index is -1.84. The Bertz CT molecular complexity index is 1320. The zero-order valence-corrected chi connectivity index (χ0v) is 18.4. The quantitative estimate of drug-likeness (QED) is 0.259. The second kappa shape index (κ2) is 7.06. The molecule has 0 radical (unpaired) electrons. The monoisotopic (exact) mass is 485 g/mol. The maximum absolute atomic E-state index is 13.2. The van der Waals surface area contributed by atoms with Gasteiger partial charge in [-0.3, -0.25) is 4.79 Å². The number of hydrogen-bond donors (Lipinski definition) is 2. The van der Waals surface area contributed by atoms with Crippen molar-refractivity contribution in [2.24, 2.45) is 0 Å². The molecule has 1 aromatic carbocycles. The number of carbonyl (C=O) groups excluding carboxylic acids is 1. The van der Waals surface area contributed by atoms with E-state index in [-0.39, 0.29) is 18.6 Å². The highest BCUT2D eigenvalue weighted by Crippen LogP contribution is 2.40. The lowest BCUT2D eigenvalue weighted by atomic mass is 9.86. The predicted molar refractivity (Wildman–Crippen MR) is 118 cm³/mol. The summed E-state index contributed by atoms with van der Waals surface area (Å²) in [6, 6.07) is 7.23. The van der Waals surface area contributed by atoms with Crippen LogP contribution in [0.25, 0.3) is 22.3 Å². The van der Waals surface area contributed by atoms with Gasteiger partial charge in [0.25, 0.3) is 5.56 Å². The van der Waals surface area contributed by atoms with Crippen molar-refractivity contribution in [1.82, 2.24) is 9.55 Å². The van der Waals surface area contributed by atoms with Crippen molar-refractivity contribution < 1.29 is 19.4 Å². The number of fused-ring (bicyclic) bond motifs is 5. The van der Waals surface area contributed by atoms with Gasteiger partial charge in [0.15, 0.2) is 5.60 Å². The van der Waals surface area contributed by atoms with Crippen molar-refractivity contribution in [2.75, 3.05) is 17.7 Å². The van der Waals surface area contributed by atoms with Gasteiger partial charge in [0.2, 0.25) is 0 Å². The number of carbonyl (C=O) groups is 1. The number of ether oxygens (including phenoxy) is 2. The summed E-state index contributed by atoms with van der Waals surface area (Å²) >= 11 is 3.33. The van der Waals surface area contributed by atoms with Crippen LogP contribution < -0.4 is 16.0 Å². The molecule has 0 saturated carbocycles. The Morgan fingerprint density at radius 1 is 1.35 bits per heavy atom. The second-order valence-electron chi connectivity index (χ2n) is 7.68. The number of anilines is 1. The third kappa shape index (κ3) is 2.80. The molecule has 1 atom stereocenters. The van der Waals surface area contributed by atoms with E-state index in [4.69, 9.17) is 20.2 Å². The Kier molecular flexibility index (Phi) is 4.56. The van der Waals surface area contributed by atoms with E-state index < -0.39 is 11.6 Å².